The molecule has 2 heterocycles. The lowest BCUT2D eigenvalue weighted by Gasteiger charge is -2.04. The number of pyridine rings is 1. The minimum Gasteiger partial charge on any atom is -0.618 e. The van der Waals surface area contributed by atoms with Crippen LogP contribution in [0.5, 0.6) is 0 Å². The SMILES string of the molecule is [O-][n+]1ccccc1SCc1cn(-c2ccccc2)nc1-c1ccccc1. The summed E-state index contributed by atoms with van der Waals surface area (Å²) in [5, 5.41) is 17.4. The number of thioether (sulfide) groups is 1. The molecule has 0 fully saturated rings. The molecule has 0 spiro atoms. The highest BCUT2D eigenvalue weighted by Gasteiger charge is 2.14. The van der Waals surface area contributed by atoms with Crippen molar-refractivity contribution in [3.8, 4) is 16.9 Å². The zero-order valence-corrected chi connectivity index (χ0v) is 14.8. The molecule has 0 amide bonds. The topological polar surface area (TPSA) is 44.8 Å². The largest absolute Gasteiger partial charge is 0.618 e. The molecule has 0 aliphatic heterocycles. The van der Waals surface area contributed by atoms with Crippen molar-refractivity contribution >= 4 is 11.8 Å². The first-order valence-corrected chi connectivity index (χ1v) is 9.30. The molecule has 0 saturated carbocycles. The summed E-state index contributed by atoms with van der Waals surface area (Å²) in [4.78, 5) is 0. The van der Waals surface area contributed by atoms with Crippen LogP contribution >= 0.6 is 11.8 Å². The van der Waals surface area contributed by atoms with Gasteiger partial charge in [0.2, 0.25) is 0 Å². The maximum absolute atomic E-state index is 11.9. The van der Waals surface area contributed by atoms with Crippen molar-refractivity contribution in [2.45, 2.75) is 10.8 Å². The molecule has 5 heteroatoms. The van der Waals surface area contributed by atoms with Crippen LogP contribution in [0.15, 0.2) is 96.3 Å². The number of hydrogen-bond donors (Lipinski definition) is 0. The molecule has 4 aromatic rings. The summed E-state index contributed by atoms with van der Waals surface area (Å²) in [7, 11) is 0. The Morgan fingerprint density at radius 1 is 0.885 bits per heavy atom. The van der Waals surface area contributed by atoms with E-state index in [4.69, 9.17) is 5.10 Å². The smallest absolute Gasteiger partial charge is 0.251 e. The molecule has 0 radical (unpaired) electrons. The summed E-state index contributed by atoms with van der Waals surface area (Å²) in [6.07, 6.45) is 3.57. The van der Waals surface area contributed by atoms with E-state index in [-0.39, 0.29) is 0 Å². The van der Waals surface area contributed by atoms with Crippen molar-refractivity contribution in [2.75, 3.05) is 0 Å². The van der Waals surface area contributed by atoms with Crippen LogP contribution in [0.1, 0.15) is 5.56 Å². The number of hydrogen-bond acceptors (Lipinski definition) is 3. The van der Waals surface area contributed by atoms with E-state index in [1.807, 2.05) is 71.5 Å². The van der Waals surface area contributed by atoms with Gasteiger partial charge in [-0.15, -0.1) is 0 Å². The number of nitrogens with zero attached hydrogens (tertiary/aromatic N) is 3. The van der Waals surface area contributed by atoms with Gasteiger partial charge in [0, 0.05) is 35.2 Å². The van der Waals surface area contributed by atoms with Gasteiger partial charge in [0.15, 0.2) is 6.20 Å². The minimum atomic E-state index is 0.670. The molecular formula is C21H17N3OS. The molecule has 0 saturated heterocycles. The lowest BCUT2D eigenvalue weighted by Crippen LogP contribution is -2.27. The van der Waals surface area contributed by atoms with Gasteiger partial charge in [0.05, 0.1) is 11.4 Å². The molecule has 0 unspecified atom stereocenters. The van der Waals surface area contributed by atoms with Crippen LogP contribution in [0.3, 0.4) is 0 Å². The van der Waals surface area contributed by atoms with Gasteiger partial charge in [-0.1, -0.05) is 60.3 Å². The molecule has 0 atom stereocenters. The molecule has 0 aliphatic carbocycles. The Morgan fingerprint density at radius 2 is 1.58 bits per heavy atom. The average molecular weight is 359 g/mol. The fourth-order valence-electron chi connectivity index (χ4n) is 2.74. The van der Waals surface area contributed by atoms with Crippen molar-refractivity contribution in [3.63, 3.8) is 0 Å². The van der Waals surface area contributed by atoms with Gasteiger partial charge in [-0.2, -0.15) is 9.83 Å². The Hall–Kier alpha value is -3.05. The third kappa shape index (κ3) is 3.48. The maximum Gasteiger partial charge on any atom is 0.251 e. The van der Waals surface area contributed by atoms with Crippen molar-refractivity contribution in [3.05, 3.63) is 102 Å². The lowest BCUT2D eigenvalue weighted by molar-refractivity contribution is -0.645. The lowest BCUT2D eigenvalue weighted by atomic mass is 10.1. The van der Waals surface area contributed by atoms with Crippen molar-refractivity contribution < 1.29 is 4.73 Å². The first-order valence-electron chi connectivity index (χ1n) is 8.31. The molecule has 0 bridgehead atoms. The van der Waals surface area contributed by atoms with Crippen LogP contribution in [0.25, 0.3) is 16.9 Å². The predicted octanol–water partition coefficient (Wildman–Crippen LogP) is 4.47. The number of rotatable bonds is 5. The van der Waals surface area contributed by atoms with E-state index >= 15 is 0 Å². The third-order valence-corrected chi connectivity index (χ3v) is 5.09. The fourth-order valence-corrected chi connectivity index (χ4v) is 3.62. The summed E-state index contributed by atoms with van der Waals surface area (Å²) in [6, 6.07) is 25.6. The van der Waals surface area contributed by atoms with E-state index in [1.165, 1.54) is 18.0 Å². The van der Waals surface area contributed by atoms with Gasteiger partial charge in [0.25, 0.3) is 5.03 Å². The van der Waals surface area contributed by atoms with Gasteiger partial charge >= 0.3 is 0 Å². The van der Waals surface area contributed by atoms with Crippen LogP contribution in [-0.4, -0.2) is 9.78 Å². The third-order valence-electron chi connectivity index (χ3n) is 4.02. The van der Waals surface area contributed by atoms with Gasteiger partial charge in [-0.05, 0) is 18.2 Å². The van der Waals surface area contributed by atoms with E-state index in [9.17, 15) is 5.21 Å². The molecule has 26 heavy (non-hydrogen) atoms. The summed E-state index contributed by atoms with van der Waals surface area (Å²) in [5.74, 6) is 0.670. The molecule has 4 nitrogen and oxygen atoms in total. The Morgan fingerprint density at radius 3 is 2.31 bits per heavy atom. The van der Waals surface area contributed by atoms with Crippen molar-refractivity contribution in [2.24, 2.45) is 0 Å². The molecular weight excluding hydrogens is 342 g/mol. The Kier molecular flexibility index (Phi) is 4.71. The highest BCUT2D eigenvalue weighted by molar-refractivity contribution is 7.98. The van der Waals surface area contributed by atoms with Crippen LogP contribution in [0.2, 0.25) is 0 Å². The van der Waals surface area contributed by atoms with E-state index in [0.717, 1.165) is 27.2 Å². The second-order valence-electron chi connectivity index (χ2n) is 5.80. The zero-order valence-electron chi connectivity index (χ0n) is 14.0. The number of benzene rings is 2. The zero-order chi connectivity index (χ0) is 17.8. The average Bonchev–Trinajstić information content (AvgIpc) is 3.13. The van der Waals surface area contributed by atoms with E-state index in [2.05, 4.69) is 12.1 Å². The molecule has 2 aromatic heterocycles. The van der Waals surface area contributed by atoms with Crippen LogP contribution in [0.4, 0.5) is 0 Å². The first-order chi connectivity index (χ1) is 12.8. The molecule has 0 N–H and O–H groups in total. The molecule has 128 valence electrons. The van der Waals surface area contributed by atoms with Crippen LogP contribution < -0.4 is 4.73 Å². The summed E-state index contributed by atoms with van der Waals surface area (Å²) in [5.41, 5.74) is 4.12. The van der Waals surface area contributed by atoms with E-state index < -0.39 is 0 Å². The fraction of sp³-hybridized carbons (Fsp3) is 0.0476. The van der Waals surface area contributed by atoms with Crippen LogP contribution in [0, 0.1) is 5.21 Å². The molecule has 2 aromatic carbocycles. The highest BCUT2D eigenvalue weighted by Crippen LogP contribution is 2.28. The van der Waals surface area contributed by atoms with E-state index in [0.29, 0.717) is 10.8 Å². The van der Waals surface area contributed by atoms with Gasteiger partial charge in [-0.3, -0.25) is 0 Å². The van der Waals surface area contributed by atoms with Gasteiger partial charge < -0.3 is 5.21 Å². The summed E-state index contributed by atoms with van der Waals surface area (Å²) >= 11 is 1.51. The standard InChI is InChI=1S/C21H17N3OS/c25-24-14-8-7-13-20(24)26-16-18-15-23(19-11-5-2-6-12-19)22-21(18)17-9-3-1-4-10-17/h1-15H,16H2. The predicted molar refractivity (Wildman–Crippen MR) is 104 cm³/mol. The number of para-hydroxylation sites is 1. The molecule has 0 aliphatic rings. The van der Waals surface area contributed by atoms with Gasteiger partial charge in [0.1, 0.15) is 0 Å². The summed E-state index contributed by atoms with van der Waals surface area (Å²) in [6.45, 7) is 0. The highest BCUT2D eigenvalue weighted by atomic mass is 32.2. The Balaban J connectivity index is 1.70. The quantitative estimate of drug-likeness (QED) is 0.300. The van der Waals surface area contributed by atoms with Crippen LogP contribution in [-0.2, 0) is 5.75 Å². The Labute approximate surface area is 156 Å². The monoisotopic (exact) mass is 359 g/mol. The molecule has 4 rings (SSSR count). The van der Waals surface area contributed by atoms with E-state index in [1.54, 1.807) is 6.07 Å². The van der Waals surface area contributed by atoms with Gasteiger partial charge in [-0.25, -0.2) is 4.68 Å². The minimum absolute atomic E-state index is 0.670. The second kappa shape index (κ2) is 7.45. The van der Waals surface area contributed by atoms with Crippen molar-refractivity contribution in [1.29, 1.82) is 0 Å². The first kappa shape index (κ1) is 16.4. The normalized spacial score (nSPS) is 10.8. The summed E-state index contributed by atoms with van der Waals surface area (Å²) < 4.78 is 2.79. The Bertz CT molecular complexity index is 1000. The maximum atomic E-state index is 11.9. The number of aromatic nitrogens is 3. The second-order valence-corrected chi connectivity index (χ2v) is 6.80. The van der Waals surface area contributed by atoms with Crippen molar-refractivity contribution in [1.82, 2.24) is 9.78 Å².